The van der Waals surface area contributed by atoms with Gasteiger partial charge in [-0.2, -0.15) is 5.10 Å². The van der Waals surface area contributed by atoms with E-state index in [0.29, 0.717) is 39.5 Å². The number of aryl methyl sites for hydroxylation is 2. The lowest BCUT2D eigenvalue weighted by molar-refractivity contribution is -0.384. The second-order valence-electron chi connectivity index (χ2n) is 8.54. The van der Waals surface area contributed by atoms with E-state index in [1.807, 2.05) is 49.0 Å². The van der Waals surface area contributed by atoms with E-state index in [4.69, 9.17) is 21.3 Å². The Hall–Kier alpha value is -4.76. The molecule has 38 heavy (non-hydrogen) atoms. The zero-order valence-corrected chi connectivity index (χ0v) is 21.3. The molecule has 1 N–H and O–H groups in total. The average molecular weight is 528 g/mol. The van der Waals surface area contributed by atoms with Crippen LogP contribution in [-0.4, -0.2) is 25.6 Å². The van der Waals surface area contributed by atoms with Gasteiger partial charge in [0.15, 0.2) is 0 Å². The van der Waals surface area contributed by atoms with Crippen molar-refractivity contribution in [3.05, 3.63) is 105 Å². The zero-order valence-electron chi connectivity index (χ0n) is 20.5. The van der Waals surface area contributed by atoms with E-state index in [0.717, 1.165) is 11.3 Å². The summed E-state index contributed by atoms with van der Waals surface area (Å²) in [6.07, 6.45) is 1.90. The molecule has 2 heterocycles. The number of amides is 1. The van der Waals surface area contributed by atoms with E-state index >= 15 is 0 Å². The predicted molar refractivity (Wildman–Crippen MR) is 146 cm³/mol. The second-order valence-corrected chi connectivity index (χ2v) is 8.98. The van der Waals surface area contributed by atoms with Gasteiger partial charge >= 0.3 is 0 Å². The summed E-state index contributed by atoms with van der Waals surface area (Å²) < 4.78 is 7.60. The smallest absolute Gasteiger partial charge is 0.275 e. The Bertz CT molecular complexity index is 1680. The first-order valence-electron chi connectivity index (χ1n) is 11.8. The van der Waals surface area contributed by atoms with Gasteiger partial charge in [0.2, 0.25) is 0 Å². The van der Waals surface area contributed by atoms with Gasteiger partial charge in [-0.15, -0.1) is 0 Å². The van der Waals surface area contributed by atoms with Crippen LogP contribution in [0.25, 0.3) is 22.2 Å². The summed E-state index contributed by atoms with van der Waals surface area (Å²) in [6, 6.07) is 19.7. The number of benzene rings is 3. The number of halogens is 1. The van der Waals surface area contributed by atoms with Gasteiger partial charge in [-0.3, -0.25) is 19.6 Å². The molecule has 0 spiro atoms. The number of aromatic nitrogens is 3. The Morgan fingerprint density at radius 1 is 1.08 bits per heavy atom. The minimum atomic E-state index is -0.543. The topological polar surface area (TPSA) is 112 Å². The van der Waals surface area contributed by atoms with Crippen molar-refractivity contribution in [2.75, 3.05) is 5.32 Å². The number of carbonyl (C=O) groups excluding carboxylic acids is 1. The normalized spacial score (nSPS) is 10.9. The van der Waals surface area contributed by atoms with Crippen LogP contribution in [0.1, 0.15) is 23.0 Å². The Labute approximate surface area is 222 Å². The van der Waals surface area contributed by atoms with Crippen LogP contribution in [-0.2, 0) is 6.54 Å². The highest BCUT2D eigenvalue weighted by Crippen LogP contribution is 2.32. The number of hydrogen-bond donors (Lipinski definition) is 1. The lowest BCUT2D eigenvalue weighted by Crippen LogP contribution is -2.13. The van der Waals surface area contributed by atoms with Gasteiger partial charge in [0.25, 0.3) is 11.6 Å². The number of fused-ring (bicyclic) bond motifs is 1. The maximum Gasteiger partial charge on any atom is 0.275 e. The van der Waals surface area contributed by atoms with Crippen molar-refractivity contribution in [2.45, 2.75) is 20.4 Å². The summed E-state index contributed by atoms with van der Waals surface area (Å²) in [7, 11) is 0. The molecule has 5 aromatic rings. The van der Waals surface area contributed by atoms with Crippen LogP contribution >= 0.6 is 11.6 Å². The third-order valence-electron chi connectivity index (χ3n) is 5.92. The number of non-ortho nitro benzene ring substituents is 1. The molecule has 2 aromatic heterocycles. The average Bonchev–Trinajstić information content (AvgIpc) is 3.29. The molecule has 1 amide bonds. The fourth-order valence-electron chi connectivity index (χ4n) is 4.09. The van der Waals surface area contributed by atoms with Crippen LogP contribution < -0.4 is 10.1 Å². The quantitative estimate of drug-likeness (QED) is 0.179. The van der Waals surface area contributed by atoms with Crippen molar-refractivity contribution in [3.63, 3.8) is 0 Å². The summed E-state index contributed by atoms with van der Waals surface area (Å²) >= 11 is 5.93. The molecule has 0 aliphatic carbocycles. The van der Waals surface area contributed by atoms with Crippen LogP contribution in [0.15, 0.2) is 79.0 Å². The molecule has 0 fully saturated rings. The number of nitro benzene ring substituents is 1. The van der Waals surface area contributed by atoms with E-state index in [9.17, 15) is 14.9 Å². The summed E-state index contributed by atoms with van der Waals surface area (Å²) in [5.74, 6) is 0.197. The molecule has 0 atom stereocenters. The van der Waals surface area contributed by atoms with Crippen molar-refractivity contribution in [1.82, 2.24) is 14.8 Å². The zero-order chi connectivity index (χ0) is 26.8. The Kier molecular flexibility index (Phi) is 6.76. The van der Waals surface area contributed by atoms with E-state index in [-0.39, 0.29) is 17.1 Å². The van der Waals surface area contributed by atoms with E-state index < -0.39 is 10.8 Å². The lowest BCUT2D eigenvalue weighted by Gasteiger charge is -2.12. The molecular weight excluding hydrogens is 506 g/mol. The number of nitro groups is 1. The third kappa shape index (κ3) is 5.18. The fraction of sp³-hybridized carbons (Fsp3) is 0.107. The monoisotopic (exact) mass is 527 g/mol. The first kappa shape index (κ1) is 24.9. The molecule has 0 radical (unpaired) electrons. The molecule has 10 heteroatoms. The first-order chi connectivity index (χ1) is 18.3. The van der Waals surface area contributed by atoms with Crippen LogP contribution in [0, 0.1) is 17.0 Å². The number of pyridine rings is 1. The Balaban J connectivity index is 1.53. The van der Waals surface area contributed by atoms with Crippen LogP contribution in [0.5, 0.6) is 11.5 Å². The Morgan fingerprint density at radius 3 is 2.55 bits per heavy atom. The van der Waals surface area contributed by atoms with Gasteiger partial charge < -0.3 is 10.1 Å². The third-order valence-corrected chi connectivity index (χ3v) is 6.17. The van der Waals surface area contributed by atoms with Crippen molar-refractivity contribution < 1.29 is 14.5 Å². The number of anilines is 1. The SMILES string of the molecule is CCn1cc(-c2cc(C(=O)Nc3cc(Oc4ccc(Cl)cc4)cc([N+](=O)[O-])c3)c3ccccc3n2)c(C)n1. The molecule has 0 aliphatic heterocycles. The van der Waals surface area contributed by atoms with Crippen molar-refractivity contribution in [2.24, 2.45) is 0 Å². The van der Waals surface area contributed by atoms with E-state index in [2.05, 4.69) is 10.4 Å². The predicted octanol–water partition coefficient (Wildman–Crippen LogP) is 7.03. The first-order valence-corrected chi connectivity index (χ1v) is 12.2. The van der Waals surface area contributed by atoms with Gasteiger partial charge in [-0.1, -0.05) is 29.8 Å². The second kappa shape index (κ2) is 10.3. The molecule has 0 bridgehead atoms. The summed E-state index contributed by atoms with van der Waals surface area (Å²) in [4.78, 5) is 29.4. The Morgan fingerprint density at radius 2 is 1.84 bits per heavy atom. The largest absolute Gasteiger partial charge is 0.457 e. The van der Waals surface area contributed by atoms with Gasteiger partial charge in [0.1, 0.15) is 11.5 Å². The lowest BCUT2D eigenvalue weighted by atomic mass is 10.0. The molecule has 0 aliphatic rings. The highest BCUT2D eigenvalue weighted by molar-refractivity contribution is 6.30. The van der Waals surface area contributed by atoms with Gasteiger partial charge in [0, 0.05) is 40.8 Å². The minimum Gasteiger partial charge on any atom is -0.457 e. The summed E-state index contributed by atoms with van der Waals surface area (Å²) in [5, 5.41) is 20.1. The van der Waals surface area contributed by atoms with Crippen molar-refractivity contribution in [3.8, 4) is 22.8 Å². The molecule has 5 rings (SSSR count). The van der Waals surface area contributed by atoms with Crippen LogP contribution in [0.2, 0.25) is 5.02 Å². The van der Waals surface area contributed by atoms with Crippen LogP contribution in [0.4, 0.5) is 11.4 Å². The maximum absolute atomic E-state index is 13.6. The number of hydrogen-bond acceptors (Lipinski definition) is 6. The number of ether oxygens (including phenoxy) is 1. The molecule has 0 saturated carbocycles. The molecule has 0 unspecified atom stereocenters. The summed E-state index contributed by atoms with van der Waals surface area (Å²) in [6.45, 7) is 4.59. The van der Waals surface area contributed by atoms with Crippen LogP contribution in [0.3, 0.4) is 0 Å². The van der Waals surface area contributed by atoms with Crippen molar-refractivity contribution >= 4 is 39.8 Å². The minimum absolute atomic E-state index is 0.194. The molecule has 0 saturated heterocycles. The standard InChI is InChI=1S/C28H22ClN5O4/c1-3-33-16-25(17(2)32-33)27-15-24(23-6-4-5-7-26(23)31-27)28(35)30-19-12-20(34(36)37)14-22(13-19)38-21-10-8-18(29)9-11-21/h4-16H,3H2,1-2H3,(H,30,35). The molecular formula is C28H22ClN5O4. The number of para-hydroxylation sites is 1. The van der Waals surface area contributed by atoms with Gasteiger partial charge in [0.05, 0.1) is 39.1 Å². The number of rotatable bonds is 7. The number of carbonyl (C=O) groups is 1. The highest BCUT2D eigenvalue weighted by Gasteiger charge is 2.19. The maximum atomic E-state index is 13.6. The number of nitrogens with zero attached hydrogens (tertiary/aromatic N) is 4. The van der Waals surface area contributed by atoms with Gasteiger partial charge in [-0.05, 0) is 50.2 Å². The molecule has 9 nitrogen and oxygen atoms in total. The molecule has 190 valence electrons. The highest BCUT2D eigenvalue weighted by atomic mass is 35.5. The van der Waals surface area contributed by atoms with Crippen molar-refractivity contribution in [1.29, 1.82) is 0 Å². The summed E-state index contributed by atoms with van der Waals surface area (Å²) in [5.41, 5.74) is 3.23. The fourth-order valence-corrected chi connectivity index (χ4v) is 4.22. The molecule has 3 aromatic carbocycles. The van der Waals surface area contributed by atoms with E-state index in [1.54, 1.807) is 30.3 Å². The number of nitrogens with one attached hydrogen (secondary N) is 1. The van der Waals surface area contributed by atoms with Gasteiger partial charge in [-0.25, -0.2) is 4.98 Å². The van der Waals surface area contributed by atoms with E-state index in [1.165, 1.54) is 18.2 Å².